The smallest absolute Gasteiger partial charge is 0.243 e. The summed E-state index contributed by atoms with van der Waals surface area (Å²) < 4.78 is 27.8. The average molecular weight is 457 g/mol. The summed E-state index contributed by atoms with van der Waals surface area (Å²) in [6.07, 6.45) is 0. The summed E-state index contributed by atoms with van der Waals surface area (Å²) in [6.45, 7) is 5.53. The number of aryl methyl sites for hydroxylation is 3. The molecule has 0 aliphatic rings. The Bertz CT molecular complexity index is 1190. The Kier molecular flexibility index (Phi) is 7.15. The molecule has 7 heteroatoms. The molecule has 31 heavy (non-hydrogen) atoms. The molecule has 3 rings (SSSR count). The predicted molar refractivity (Wildman–Crippen MR) is 125 cm³/mol. The molecule has 162 valence electrons. The van der Waals surface area contributed by atoms with E-state index in [1.54, 1.807) is 54.6 Å². The number of anilines is 1. The normalized spacial score (nSPS) is 11.5. The van der Waals surface area contributed by atoms with Crippen molar-refractivity contribution in [2.75, 3.05) is 11.9 Å². The summed E-state index contributed by atoms with van der Waals surface area (Å²) in [4.78, 5) is 12.9. The Hall–Kier alpha value is -2.67. The van der Waals surface area contributed by atoms with Gasteiger partial charge in [-0.05, 0) is 73.9 Å². The van der Waals surface area contributed by atoms with Crippen molar-refractivity contribution in [1.29, 1.82) is 0 Å². The van der Waals surface area contributed by atoms with E-state index in [1.807, 2.05) is 32.9 Å². The van der Waals surface area contributed by atoms with Crippen LogP contribution in [0.5, 0.6) is 0 Å². The number of rotatable bonds is 7. The van der Waals surface area contributed by atoms with Crippen molar-refractivity contribution >= 4 is 33.2 Å². The van der Waals surface area contributed by atoms with Gasteiger partial charge in [-0.15, -0.1) is 0 Å². The van der Waals surface area contributed by atoms with Crippen molar-refractivity contribution < 1.29 is 13.2 Å². The second kappa shape index (κ2) is 9.64. The molecular formula is C24H25ClN2O3S. The van der Waals surface area contributed by atoms with Crippen LogP contribution in [-0.2, 0) is 21.4 Å². The first-order valence-electron chi connectivity index (χ1n) is 9.83. The van der Waals surface area contributed by atoms with Gasteiger partial charge in [-0.1, -0.05) is 47.5 Å². The van der Waals surface area contributed by atoms with Crippen LogP contribution in [0.3, 0.4) is 0 Å². The molecule has 0 heterocycles. The highest BCUT2D eigenvalue weighted by Crippen LogP contribution is 2.21. The van der Waals surface area contributed by atoms with Crippen molar-refractivity contribution in [1.82, 2.24) is 4.31 Å². The highest BCUT2D eigenvalue weighted by Gasteiger charge is 2.27. The summed E-state index contributed by atoms with van der Waals surface area (Å²) in [7, 11) is -3.90. The number of nitrogens with one attached hydrogen (secondary N) is 1. The summed E-state index contributed by atoms with van der Waals surface area (Å²) >= 11 is 6.07. The standard InChI is InChI=1S/C24H25ClN2O3S/c1-17-7-11-23(12-8-17)31(29,30)27(15-20-5-4-6-21(25)14-20)16-24(28)26-22-10-9-18(2)19(3)13-22/h4-14H,15-16H2,1-3H3,(H,26,28). The lowest BCUT2D eigenvalue weighted by molar-refractivity contribution is -0.116. The van der Waals surface area contributed by atoms with Crippen LogP contribution in [0.2, 0.25) is 5.02 Å². The van der Waals surface area contributed by atoms with Crippen LogP contribution in [0.15, 0.2) is 71.6 Å². The Morgan fingerprint density at radius 1 is 0.935 bits per heavy atom. The number of nitrogens with zero attached hydrogens (tertiary/aromatic N) is 1. The molecule has 0 atom stereocenters. The molecule has 0 saturated carbocycles. The van der Waals surface area contributed by atoms with E-state index in [0.717, 1.165) is 16.7 Å². The summed E-state index contributed by atoms with van der Waals surface area (Å²) in [5.74, 6) is -0.416. The van der Waals surface area contributed by atoms with Gasteiger partial charge in [0, 0.05) is 17.3 Å². The Morgan fingerprint density at radius 3 is 2.29 bits per heavy atom. The van der Waals surface area contributed by atoms with E-state index in [1.165, 1.54) is 4.31 Å². The molecule has 3 aromatic carbocycles. The molecule has 0 aliphatic carbocycles. The van der Waals surface area contributed by atoms with Crippen LogP contribution in [0, 0.1) is 20.8 Å². The topological polar surface area (TPSA) is 66.5 Å². The van der Waals surface area contributed by atoms with Gasteiger partial charge < -0.3 is 5.32 Å². The Balaban J connectivity index is 1.88. The quantitative estimate of drug-likeness (QED) is 0.538. The number of benzene rings is 3. The molecule has 3 aromatic rings. The summed E-state index contributed by atoms with van der Waals surface area (Å²) in [5.41, 5.74) is 4.43. The van der Waals surface area contributed by atoms with Crippen LogP contribution >= 0.6 is 11.6 Å². The number of halogens is 1. The third kappa shape index (κ3) is 5.94. The molecule has 0 aliphatic heterocycles. The van der Waals surface area contributed by atoms with E-state index in [-0.39, 0.29) is 18.0 Å². The van der Waals surface area contributed by atoms with Crippen molar-refractivity contribution in [2.24, 2.45) is 0 Å². The van der Waals surface area contributed by atoms with E-state index < -0.39 is 15.9 Å². The number of hydrogen-bond donors (Lipinski definition) is 1. The fourth-order valence-corrected chi connectivity index (χ4v) is 4.70. The fourth-order valence-electron chi connectivity index (χ4n) is 3.10. The van der Waals surface area contributed by atoms with E-state index >= 15 is 0 Å². The maximum Gasteiger partial charge on any atom is 0.243 e. The first kappa shape index (κ1) is 23.0. The molecule has 0 saturated heterocycles. The van der Waals surface area contributed by atoms with Gasteiger partial charge in [0.25, 0.3) is 0 Å². The SMILES string of the molecule is Cc1ccc(S(=O)(=O)N(CC(=O)Nc2ccc(C)c(C)c2)Cc2cccc(Cl)c2)cc1. The van der Waals surface area contributed by atoms with Gasteiger partial charge in [-0.2, -0.15) is 4.31 Å². The molecule has 1 amide bonds. The van der Waals surface area contributed by atoms with Crippen molar-refractivity contribution in [3.8, 4) is 0 Å². The predicted octanol–water partition coefficient (Wildman–Crippen LogP) is 5.09. The molecule has 0 aromatic heterocycles. The minimum atomic E-state index is -3.90. The largest absolute Gasteiger partial charge is 0.325 e. The number of amides is 1. The minimum Gasteiger partial charge on any atom is -0.325 e. The highest BCUT2D eigenvalue weighted by molar-refractivity contribution is 7.89. The van der Waals surface area contributed by atoms with E-state index in [2.05, 4.69) is 5.32 Å². The second-order valence-electron chi connectivity index (χ2n) is 7.56. The van der Waals surface area contributed by atoms with Gasteiger partial charge in [-0.3, -0.25) is 4.79 Å². The van der Waals surface area contributed by atoms with Gasteiger partial charge in [0.15, 0.2) is 0 Å². The number of carbonyl (C=O) groups excluding carboxylic acids is 1. The first-order valence-corrected chi connectivity index (χ1v) is 11.7. The lowest BCUT2D eigenvalue weighted by Crippen LogP contribution is -2.37. The number of carbonyl (C=O) groups is 1. The lowest BCUT2D eigenvalue weighted by atomic mass is 10.1. The summed E-state index contributed by atoms with van der Waals surface area (Å²) in [5, 5.41) is 3.30. The van der Waals surface area contributed by atoms with Crippen LogP contribution in [-0.4, -0.2) is 25.2 Å². The molecule has 0 unspecified atom stereocenters. The molecule has 0 spiro atoms. The van der Waals surface area contributed by atoms with Crippen LogP contribution in [0.4, 0.5) is 5.69 Å². The molecule has 0 bridgehead atoms. The van der Waals surface area contributed by atoms with Gasteiger partial charge in [0.2, 0.25) is 15.9 Å². The maximum absolute atomic E-state index is 13.3. The highest BCUT2D eigenvalue weighted by atomic mass is 35.5. The Labute approximate surface area is 188 Å². The van der Waals surface area contributed by atoms with Crippen molar-refractivity contribution in [3.63, 3.8) is 0 Å². The zero-order valence-electron chi connectivity index (χ0n) is 17.7. The van der Waals surface area contributed by atoms with Gasteiger partial charge in [0.05, 0.1) is 11.4 Å². The number of hydrogen-bond acceptors (Lipinski definition) is 3. The van der Waals surface area contributed by atoms with Crippen LogP contribution in [0.25, 0.3) is 0 Å². The maximum atomic E-state index is 13.3. The third-order valence-corrected chi connectivity index (χ3v) is 7.06. The van der Waals surface area contributed by atoms with Gasteiger partial charge in [-0.25, -0.2) is 8.42 Å². The second-order valence-corrected chi connectivity index (χ2v) is 9.94. The number of sulfonamides is 1. The molecule has 0 fully saturated rings. The molecule has 1 N–H and O–H groups in total. The molecular weight excluding hydrogens is 432 g/mol. The lowest BCUT2D eigenvalue weighted by Gasteiger charge is -2.22. The van der Waals surface area contributed by atoms with Crippen LogP contribution in [0.1, 0.15) is 22.3 Å². The molecule has 5 nitrogen and oxygen atoms in total. The first-order chi connectivity index (χ1) is 14.6. The van der Waals surface area contributed by atoms with Gasteiger partial charge >= 0.3 is 0 Å². The Morgan fingerprint density at radius 2 is 1.65 bits per heavy atom. The average Bonchev–Trinajstić information content (AvgIpc) is 2.70. The van der Waals surface area contributed by atoms with Crippen molar-refractivity contribution in [3.05, 3.63) is 94.0 Å². The third-order valence-electron chi connectivity index (χ3n) is 5.02. The van der Waals surface area contributed by atoms with Gasteiger partial charge in [0.1, 0.15) is 0 Å². The van der Waals surface area contributed by atoms with E-state index in [9.17, 15) is 13.2 Å². The van der Waals surface area contributed by atoms with Crippen LogP contribution < -0.4 is 5.32 Å². The minimum absolute atomic E-state index is 0.0249. The van der Waals surface area contributed by atoms with E-state index in [0.29, 0.717) is 16.3 Å². The zero-order valence-corrected chi connectivity index (χ0v) is 19.3. The molecule has 0 radical (unpaired) electrons. The summed E-state index contributed by atoms with van der Waals surface area (Å²) in [6, 6.07) is 19.1. The zero-order chi connectivity index (χ0) is 22.6. The monoisotopic (exact) mass is 456 g/mol. The van der Waals surface area contributed by atoms with Crippen molar-refractivity contribution in [2.45, 2.75) is 32.2 Å². The van der Waals surface area contributed by atoms with E-state index in [4.69, 9.17) is 11.6 Å². The fraction of sp³-hybridized carbons (Fsp3) is 0.208.